The van der Waals surface area contributed by atoms with E-state index in [0.29, 0.717) is 0 Å². The number of aldehydes is 1. The molecule has 0 aliphatic carbocycles. The van der Waals surface area contributed by atoms with Crippen molar-refractivity contribution in [1.29, 1.82) is 0 Å². The number of pyridine rings is 1. The van der Waals surface area contributed by atoms with E-state index in [4.69, 9.17) is 0 Å². The molecule has 0 spiro atoms. The largest absolute Gasteiger partial charge is 0.332 e. The van der Waals surface area contributed by atoms with Crippen molar-refractivity contribution in [2.45, 2.75) is 13.3 Å². The highest BCUT2D eigenvalue weighted by atomic mass is 16.1. The normalized spacial score (nSPS) is 10.7. The van der Waals surface area contributed by atoms with Gasteiger partial charge in [-0.2, -0.15) is 0 Å². The number of fused-ring (bicyclic) bond motifs is 1. The number of aromatic nitrogens is 2. The Balaban J connectivity index is 2.91. The highest BCUT2D eigenvalue weighted by Gasteiger charge is 2.12. The predicted molar refractivity (Wildman–Crippen MR) is 55.5 cm³/mol. The van der Waals surface area contributed by atoms with Gasteiger partial charge >= 0.3 is 0 Å². The van der Waals surface area contributed by atoms with Crippen LogP contribution in [0.2, 0.25) is 0 Å². The van der Waals surface area contributed by atoms with Crippen LogP contribution in [-0.4, -0.2) is 15.8 Å². The SMILES string of the molecule is CCc1c(C=O)c2cccnc2n1C. The van der Waals surface area contributed by atoms with Gasteiger partial charge in [0.15, 0.2) is 6.29 Å². The molecule has 0 radical (unpaired) electrons. The molecule has 2 rings (SSSR count). The molecule has 0 amide bonds. The first kappa shape index (κ1) is 8.94. The first-order valence-electron chi connectivity index (χ1n) is 4.67. The van der Waals surface area contributed by atoms with Gasteiger partial charge in [0.25, 0.3) is 0 Å². The number of nitrogens with zero attached hydrogens (tertiary/aromatic N) is 2. The van der Waals surface area contributed by atoms with Gasteiger partial charge in [-0.25, -0.2) is 4.98 Å². The summed E-state index contributed by atoms with van der Waals surface area (Å²) in [6.45, 7) is 2.04. The standard InChI is InChI=1S/C11H12N2O/c1-3-10-9(7-14)8-5-4-6-12-11(8)13(10)2/h4-7H,3H2,1-2H3. The van der Waals surface area contributed by atoms with Crippen molar-refractivity contribution in [3.05, 3.63) is 29.6 Å². The first-order valence-corrected chi connectivity index (χ1v) is 4.67. The number of hydrogen-bond acceptors (Lipinski definition) is 2. The fraction of sp³-hybridized carbons (Fsp3) is 0.273. The lowest BCUT2D eigenvalue weighted by atomic mass is 10.1. The fourth-order valence-corrected chi connectivity index (χ4v) is 1.90. The molecular weight excluding hydrogens is 176 g/mol. The minimum atomic E-state index is 0.776. The second-order valence-corrected chi connectivity index (χ2v) is 3.27. The van der Waals surface area contributed by atoms with Gasteiger partial charge in [0.05, 0.1) is 0 Å². The molecule has 0 saturated heterocycles. The quantitative estimate of drug-likeness (QED) is 0.675. The van der Waals surface area contributed by atoms with E-state index in [2.05, 4.69) is 4.98 Å². The maximum absolute atomic E-state index is 11.0. The van der Waals surface area contributed by atoms with Crippen LogP contribution in [-0.2, 0) is 13.5 Å². The van der Waals surface area contributed by atoms with Crippen LogP contribution in [0.25, 0.3) is 11.0 Å². The van der Waals surface area contributed by atoms with Crippen LogP contribution in [0.3, 0.4) is 0 Å². The molecule has 2 aromatic rings. The summed E-state index contributed by atoms with van der Waals surface area (Å²) in [5, 5.41) is 0.946. The zero-order valence-corrected chi connectivity index (χ0v) is 8.32. The van der Waals surface area contributed by atoms with Crippen molar-refractivity contribution in [2.75, 3.05) is 0 Å². The summed E-state index contributed by atoms with van der Waals surface area (Å²) in [7, 11) is 1.95. The molecule has 0 bridgehead atoms. The molecule has 2 heterocycles. The Morgan fingerprint density at radius 2 is 2.36 bits per heavy atom. The van der Waals surface area contributed by atoms with E-state index in [1.165, 1.54) is 0 Å². The predicted octanol–water partition coefficient (Wildman–Crippen LogP) is 1.95. The van der Waals surface area contributed by atoms with Crippen LogP contribution in [0.5, 0.6) is 0 Å². The van der Waals surface area contributed by atoms with Crippen LogP contribution < -0.4 is 0 Å². The summed E-state index contributed by atoms with van der Waals surface area (Å²) in [5.74, 6) is 0. The third-order valence-electron chi connectivity index (χ3n) is 2.56. The highest BCUT2D eigenvalue weighted by molar-refractivity contribution is 5.97. The molecule has 72 valence electrons. The van der Waals surface area contributed by atoms with Gasteiger partial charge in [-0.3, -0.25) is 4.79 Å². The van der Waals surface area contributed by atoms with Gasteiger partial charge in [-0.05, 0) is 18.6 Å². The van der Waals surface area contributed by atoms with E-state index in [9.17, 15) is 4.79 Å². The maximum Gasteiger partial charge on any atom is 0.152 e. The minimum Gasteiger partial charge on any atom is -0.332 e. The molecule has 0 N–H and O–H groups in total. The highest BCUT2D eigenvalue weighted by Crippen LogP contribution is 2.22. The topological polar surface area (TPSA) is 34.9 Å². The Morgan fingerprint density at radius 1 is 1.57 bits per heavy atom. The third kappa shape index (κ3) is 1.05. The summed E-state index contributed by atoms with van der Waals surface area (Å²) in [4.78, 5) is 15.2. The first-order chi connectivity index (χ1) is 6.79. The lowest BCUT2D eigenvalue weighted by molar-refractivity contribution is 0.112. The maximum atomic E-state index is 11.0. The van der Waals surface area contributed by atoms with E-state index in [1.807, 2.05) is 30.7 Å². The van der Waals surface area contributed by atoms with Crippen molar-refractivity contribution < 1.29 is 4.79 Å². The van der Waals surface area contributed by atoms with Gasteiger partial charge in [-0.1, -0.05) is 6.92 Å². The van der Waals surface area contributed by atoms with Crippen LogP contribution in [0.4, 0.5) is 0 Å². The van der Waals surface area contributed by atoms with Gasteiger partial charge in [0, 0.05) is 29.9 Å². The smallest absolute Gasteiger partial charge is 0.152 e. The molecule has 0 atom stereocenters. The summed E-state index contributed by atoms with van der Waals surface area (Å²) >= 11 is 0. The van der Waals surface area contributed by atoms with E-state index in [0.717, 1.165) is 35.0 Å². The number of carbonyl (C=O) groups excluding carboxylic acids is 1. The lowest BCUT2D eigenvalue weighted by Crippen LogP contribution is -1.97. The number of hydrogen-bond donors (Lipinski definition) is 0. The Bertz CT molecular complexity index is 485. The van der Waals surface area contributed by atoms with E-state index in [-0.39, 0.29) is 0 Å². The Kier molecular flexibility index (Phi) is 2.08. The van der Waals surface area contributed by atoms with Crippen molar-refractivity contribution in [3.63, 3.8) is 0 Å². The molecule has 0 aliphatic rings. The molecule has 2 aromatic heterocycles. The molecular formula is C11H12N2O. The van der Waals surface area contributed by atoms with Crippen molar-refractivity contribution >= 4 is 17.3 Å². The molecule has 3 heteroatoms. The van der Waals surface area contributed by atoms with E-state index < -0.39 is 0 Å². The lowest BCUT2D eigenvalue weighted by Gasteiger charge is -1.99. The Labute approximate surface area is 82.4 Å². The number of rotatable bonds is 2. The van der Waals surface area contributed by atoms with Crippen LogP contribution in [0.15, 0.2) is 18.3 Å². The second kappa shape index (κ2) is 3.25. The number of carbonyl (C=O) groups is 1. The number of aryl methyl sites for hydroxylation is 1. The molecule has 3 nitrogen and oxygen atoms in total. The average molecular weight is 188 g/mol. The van der Waals surface area contributed by atoms with E-state index in [1.54, 1.807) is 6.20 Å². The average Bonchev–Trinajstić information content (AvgIpc) is 2.51. The summed E-state index contributed by atoms with van der Waals surface area (Å²) < 4.78 is 1.99. The summed E-state index contributed by atoms with van der Waals surface area (Å²) in [6.07, 6.45) is 3.51. The Morgan fingerprint density at radius 3 is 3.00 bits per heavy atom. The van der Waals surface area contributed by atoms with Crippen molar-refractivity contribution in [2.24, 2.45) is 7.05 Å². The van der Waals surface area contributed by atoms with Gasteiger partial charge in [0.2, 0.25) is 0 Å². The second-order valence-electron chi connectivity index (χ2n) is 3.27. The zero-order chi connectivity index (χ0) is 10.1. The summed E-state index contributed by atoms with van der Waals surface area (Å²) in [6, 6.07) is 3.79. The van der Waals surface area contributed by atoms with Gasteiger partial charge < -0.3 is 4.57 Å². The fourth-order valence-electron chi connectivity index (χ4n) is 1.90. The minimum absolute atomic E-state index is 0.776. The molecule has 0 saturated carbocycles. The van der Waals surface area contributed by atoms with Gasteiger partial charge in [0.1, 0.15) is 5.65 Å². The van der Waals surface area contributed by atoms with Crippen LogP contribution in [0.1, 0.15) is 23.0 Å². The van der Waals surface area contributed by atoms with Crippen molar-refractivity contribution in [3.8, 4) is 0 Å². The Hall–Kier alpha value is -1.64. The molecule has 0 fully saturated rings. The zero-order valence-electron chi connectivity index (χ0n) is 8.32. The van der Waals surface area contributed by atoms with Gasteiger partial charge in [-0.15, -0.1) is 0 Å². The molecule has 14 heavy (non-hydrogen) atoms. The summed E-state index contributed by atoms with van der Waals surface area (Å²) in [5.41, 5.74) is 2.71. The molecule has 0 unspecified atom stereocenters. The van der Waals surface area contributed by atoms with E-state index >= 15 is 0 Å². The van der Waals surface area contributed by atoms with Crippen molar-refractivity contribution in [1.82, 2.24) is 9.55 Å². The molecule has 0 aromatic carbocycles. The van der Waals surface area contributed by atoms with Crippen LogP contribution >= 0.6 is 0 Å². The van der Waals surface area contributed by atoms with Crippen LogP contribution in [0, 0.1) is 0 Å². The monoisotopic (exact) mass is 188 g/mol. The molecule has 0 aliphatic heterocycles. The third-order valence-corrected chi connectivity index (χ3v) is 2.56.